The third-order valence-electron chi connectivity index (χ3n) is 3.83. The Labute approximate surface area is 151 Å². The number of carbonyl (C=O) groups excluding carboxylic acids is 1. The van der Waals surface area contributed by atoms with E-state index in [1.807, 2.05) is 5.38 Å². The van der Waals surface area contributed by atoms with E-state index in [2.05, 4.69) is 21.7 Å². The summed E-state index contributed by atoms with van der Waals surface area (Å²) in [5.41, 5.74) is 0.512. The molecule has 0 spiro atoms. The normalized spacial score (nSPS) is 14.8. The number of benzene rings is 1. The molecule has 0 saturated carbocycles. The topological polar surface area (TPSA) is 70.6 Å². The van der Waals surface area contributed by atoms with Crippen LogP contribution in [0.5, 0.6) is 0 Å². The molecule has 130 valence electrons. The molecule has 2 aromatic rings. The number of aromatic nitrogens is 1. The number of nitrogens with zero attached hydrogens (tertiary/aromatic N) is 3. The minimum atomic E-state index is -3.29. The monoisotopic (exact) mass is 375 g/mol. The quantitative estimate of drug-likeness (QED) is 0.739. The predicted molar refractivity (Wildman–Crippen MR) is 97.3 cm³/mol. The average molecular weight is 375 g/mol. The van der Waals surface area contributed by atoms with Gasteiger partial charge in [-0.05, 0) is 18.2 Å². The number of carbonyl (C=O) groups is 1. The molecule has 1 aromatic heterocycles. The van der Waals surface area contributed by atoms with Gasteiger partial charge in [-0.2, -0.15) is 0 Å². The summed E-state index contributed by atoms with van der Waals surface area (Å²) in [6.45, 7) is 2.64. The lowest BCUT2D eigenvalue weighted by molar-refractivity contribution is -0.125. The lowest BCUT2D eigenvalue weighted by atomic mass is 10.2. The maximum Gasteiger partial charge on any atom is 0.298 e. The van der Waals surface area contributed by atoms with Crippen molar-refractivity contribution in [1.82, 2.24) is 9.88 Å². The molecule has 2 heterocycles. The minimum absolute atomic E-state index is 0.198. The molecule has 0 bridgehead atoms. The highest BCUT2D eigenvalue weighted by Crippen LogP contribution is 2.18. The fraction of sp³-hybridized carbons (Fsp3) is 0.294. The van der Waals surface area contributed by atoms with Crippen LogP contribution in [-0.2, 0) is 14.6 Å². The molecule has 1 amide bonds. The highest BCUT2D eigenvalue weighted by atomic mass is 32.2. The predicted octanol–water partition coefficient (Wildman–Crippen LogP) is 1.25. The molecule has 0 aliphatic carbocycles. The Morgan fingerprint density at radius 3 is 2.64 bits per heavy atom. The summed E-state index contributed by atoms with van der Waals surface area (Å²) < 4.78 is 23.1. The largest absolute Gasteiger partial charge is 0.345 e. The van der Waals surface area contributed by atoms with Gasteiger partial charge in [0, 0.05) is 55.5 Å². The molecular weight excluding hydrogens is 358 g/mol. The first-order valence-corrected chi connectivity index (χ1v) is 10.5. The Morgan fingerprint density at radius 1 is 1.24 bits per heavy atom. The van der Waals surface area contributed by atoms with Crippen LogP contribution in [0.25, 0.3) is 0 Å². The van der Waals surface area contributed by atoms with Gasteiger partial charge in [0.05, 0.1) is 4.90 Å². The van der Waals surface area contributed by atoms with E-state index >= 15 is 0 Å². The number of sulfone groups is 1. The van der Waals surface area contributed by atoms with E-state index in [0.29, 0.717) is 18.7 Å². The van der Waals surface area contributed by atoms with E-state index in [4.69, 9.17) is 0 Å². The van der Waals surface area contributed by atoms with E-state index in [0.717, 1.165) is 24.5 Å². The van der Waals surface area contributed by atoms with Gasteiger partial charge < -0.3 is 9.80 Å². The first-order chi connectivity index (χ1) is 11.9. The first-order valence-electron chi connectivity index (χ1n) is 7.69. The maximum atomic E-state index is 12.2. The fourth-order valence-corrected chi connectivity index (χ4v) is 3.85. The molecule has 1 aromatic carbocycles. The van der Waals surface area contributed by atoms with E-state index in [1.54, 1.807) is 34.6 Å². The number of hydrogen-bond acceptors (Lipinski definition) is 6. The third kappa shape index (κ3) is 4.38. The Balaban J connectivity index is 1.63. The van der Waals surface area contributed by atoms with E-state index in [9.17, 15) is 13.2 Å². The molecule has 8 heteroatoms. The van der Waals surface area contributed by atoms with Crippen molar-refractivity contribution in [3.63, 3.8) is 0 Å². The summed E-state index contributed by atoms with van der Waals surface area (Å²) in [7, 11) is -3.29. The molecule has 1 fully saturated rings. The van der Waals surface area contributed by atoms with Crippen molar-refractivity contribution >= 4 is 32.2 Å². The number of thiazole rings is 1. The minimum Gasteiger partial charge on any atom is -0.345 e. The van der Waals surface area contributed by atoms with E-state index in [-0.39, 0.29) is 10.8 Å². The Kier molecular flexibility index (Phi) is 5.06. The van der Waals surface area contributed by atoms with Crippen LogP contribution in [0, 0.1) is 11.8 Å². The Bertz CT molecular complexity index is 920. The molecule has 1 aliphatic heterocycles. The number of amides is 1. The molecule has 25 heavy (non-hydrogen) atoms. The summed E-state index contributed by atoms with van der Waals surface area (Å²) >= 11 is 1.58. The molecule has 1 saturated heterocycles. The summed E-state index contributed by atoms with van der Waals surface area (Å²) in [5, 5.41) is 2.90. The van der Waals surface area contributed by atoms with Gasteiger partial charge in [0.2, 0.25) is 0 Å². The van der Waals surface area contributed by atoms with Crippen LogP contribution in [0.4, 0.5) is 5.13 Å². The van der Waals surface area contributed by atoms with Crippen molar-refractivity contribution in [2.75, 3.05) is 37.3 Å². The summed E-state index contributed by atoms with van der Waals surface area (Å²) in [5.74, 6) is 5.12. The summed E-state index contributed by atoms with van der Waals surface area (Å²) in [6, 6.07) is 6.31. The van der Waals surface area contributed by atoms with Crippen molar-refractivity contribution in [2.45, 2.75) is 4.90 Å². The Hall–Kier alpha value is -2.37. The fourth-order valence-electron chi connectivity index (χ4n) is 2.48. The van der Waals surface area contributed by atoms with Crippen molar-refractivity contribution in [3.05, 3.63) is 41.4 Å². The van der Waals surface area contributed by atoms with Gasteiger partial charge in [0.1, 0.15) is 0 Å². The van der Waals surface area contributed by atoms with Crippen LogP contribution in [-0.4, -0.2) is 56.6 Å². The zero-order chi connectivity index (χ0) is 17.9. The molecule has 1 aliphatic rings. The van der Waals surface area contributed by atoms with Gasteiger partial charge in [-0.15, -0.1) is 11.3 Å². The third-order valence-corrected chi connectivity index (χ3v) is 5.78. The van der Waals surface area contributed by atoms with Gasteiger partial charge >= 0.3 is 0 Å². The molecule has 0 atom stereocenters. The van der Waals surface area contributed by atoms with Crippen LogP contribution in [0.15, 0.2) is 40.7 Å². The summed E-state index contributed by atoms with van der Waals surface area (Å²) in [4.78, 5) is 20.6. The second-order valence-corrected chi connectivity index (χ2v) is 8.53. The average Bonchev–Trinajstić information content (AvgIpc) is 3.14. The standard InChI is InChI=1S/C17H17N3O3S2/c1-25(22,23)15-4-2-3-14(13-15)5-6-16(21)19-8-10-20(11-9-19)17-18-7-12-24-17/h2-4,7,12-13H,8-11H2,1H3. The molecular formula is C17H17N3O3S2. The zero-order valence-corrected chi connectivity index (χ0v) is 15.3. The molecule has 3 rings (SSSR count). The van der Waals surface area contributed by atoms with Crippen LogP contribution in [0.1, 0.15) is 5.56 Å². The van der Waals surface area contributed by atoms with Gasteiger partial charge in [-0.25, -0.2) is 13.4 Å². The van der Waals surface area contributed by atoms with Crippen molar-refractivity contribution in [2.24, 2.45) is 0 Å². The number of anilines is 1. The van der Waals surface area contributed by atoms with Crippen molar-refractivity contribution in [1.29, 1.82) is 0 Å². The van der Waals surface area contributed by atoms with Crippen molar-refractivity contribution in [3.8, 4) is 11.8 Å². The molecule has 6 nitrogen and oxygen atoms in total. The molecule has 0 radical (unpaired) electrons. The van der Waals surface area contributed by atoms with Crippen molar-refractivity contribution < 1.29 is 13.2 Å². The highest BCUT2D eigenvalue weighted by molar-refractivity contribution is 7.90. The SMILES string of the molecule is CS(=O)(=O)c1cccc(C#CC(=O)N2CCN(c3nccs3)CC2)c1. The number of rotatable bonds is 2. The zero-order valence-electron chi connectivity index (χ0n) is 13.7. The highest BCUT2D eigenvalue weighted by Gasteiger charge is 2.21. The van der Waals surface area contributed by atoms with Crippen LogP contribution < -0.4 is 4.90 Å². The number of hydrogen-bond donors (Lipinski definition) is 0. The Morgan fingerprint density at radius 2 is 2.00 bits per heavy atom. The smallest absolute Gasteiger partial charge is 0.298 e. The molecule has 0 unspecified atom stereocenters. The van der Waals surface area contributed by atoms with Crippen LogP contribution in [0.2, 0.25) is 0 Å². The second kappa shape index (κ2) is 7.25. The maximum absolute atomic E-state index is 12.2. The van der Waals surface area contributed by atoms with Gasteiger partial charge in [-0.3, -0.25) is 4.79 Å². The second-order valence-electron chi connectivity index (χ2n) is 5.64. The van der Waals surface area contributed by atoms with E-state index in [1.165, 1.54) is 12.1 Å². The lowest BCUT2D eigenvalue weighted by Crippen LogP contribution is -2.48. The van der Waals surface area contributed by atoms with Gasteiger partial charge in [-0.1, -0.05) is 12.0 Å². The van der Waals surface area contributed by atoms with Gasteiger partial charge in [0.15, 0.2) is 15.0 Å². The molecule has 0 N–H and O–H groups in total. The van der Waals surface area contributed by atoms with Crippen LogP contribution >= 0.6 is 11.3 Å². The van der Waals surface area contributed by atoms with Crippen LogP contribution in [0.3, 0.4) is 0 Å². The van der Waals surface area contributed by atoms with E-state index < -0.39 is 9.84 Å². The first kappa shape index (κ1) is 17.5. The number of piperazine rings is 1. The lowest BCUT2D eigenvalue weighted by Gasteiger charge is -2.33. The van der Waals surface area contributed by atoms with Gasteiger partial charge in [0.25, 0.3) is 5.91 Å². The summed E-state index contributed by atoms with van der Waals surface area (Å²) in [6.07, 6.45) is 2.92.